The van der Waals surface area contributed by atoms with E-state index in [2.05, 4.69) is 37.0 Å². The number of nitrogens with one attached hydrogen (secondary N) is 1. The number of rotatable bonds is 8. The van der Waals surface area contributed by atoms with Crippen LogP contribution in [0.4, 0.5) is 0 Å². The van der Waals surface area contributed by atoms with Crippen LogP contribution in [0.2, 0.25) is 0 Å². The molecule has 0 aliphatic heterocycles. The highest BCUT2D eigenvalue weighted by Gasteiger charge is 2.60. The molecule has 1 heterocycles. The van der Waals surface area contributed by atoms with Gasteiger partial charge in [0, 0.05) is 14.4 Å². The molecule has 0 spiro atoms. The molecule has 9 atom stereocenters. The van der Waals surface area contributed by atoms with Crippen molar-refractivity contribution in [2.24, 2.45) is 40.4 Å². The monoisotopic (exact) mass is 504 g/mol. The van der Waals surface area contributed by atoms with Crippen molar-refractivity contribution < 1.29 is 23.2 Å². The van der Waals surface area contributed by atoms with Crippen molar-refractivity contribution in [2.75, 3.05) is 0 Å². The molecular formula is C31H50N2O3. The number of fused-ring (bicyclic) bond motifs is 5. The quantitative estimate of drug-likeness (QED) is 0.357. The van der Waals surface area contributed by atoms with Crippen LogP contribution in [0.15, 0.2) is 23.9 Å². The Labute approximate surface area is 226 Å². The van der Waals surface area contributed by atoms with Crippen molar-refractivity contribution in [1.82, 2.24) is 10.2 Å². The summed E-state index contributed by atoms with van der Waals surface area (Å²) in [7, 11) is 0. The summed E-state index contributed by atoms with van der Waals surface area (Å²) in [6, 6.07) is 1.90. The molecule has 0 bridgehead atoms. The van der Waals surface area contributed by atoms with Crippen molar-refractivity contribution in [3.05, 3.63) is 29.6 Å². The van der Waals surface area contributed by atoms with Gasteiger partial charge in [0.1, 0.15) is 6.10 Å². The molecule has 36 heavy (non-hydrogen) atoms. The molecule has 0 radical (unpaired) electrons. The molecule has 5 nitrogen and oxygen atoms in total. The highest BCUT2D eigenvalue weighted by atomic mass is 16.5. The fraction of sp³-hybridized carbons (Fsp3) is 0.839. The van der Waals surface area contributed by atoms with E-state index in [0.29, 0.717) is 49.0 Å². The van der Waals surface area contributed by atoms with Gasteiger partial charge < -0.3 is 14.9 Å². The van der Waals surface area contributed by atoms with Gasteiger partial charge in [0.2, 0.25) is 0 Å². The van der Waals surface area contributed by atoms with Crippen LogP contribution in [-0.2, 0) is 11.3 Å². The van der Waals surface area contributed by atoms with E-state index in [-0.39, 0.29) is 23.4 Å². The SMILES string of the molecule is [2H]C([2H])([2H])C(O)(CCC[C@@H](C)[C@H]1CC[C@H]2[C@@H]3CC=C4[C@@H](O)[C@@H](OCc5ccn[nH]5)CC[C@]4(C)[C@H]3CC[C@]12C)C([2H])([2H])[2H]. The zero-order chi connectivity index (χ0) is 30.7. The zero-order valence-electron chi connectivity index (χ0n) is 28.3. The summed E-state index contributed by atoms with van der Waals surface area (Å²) in [4.78, 5) is 0. The fourth-order valence-electron chi connectivity index (χ4n) is 9.30. The molecule has 5 rings (SSSR count). The van der Waals surface area contributed by atoms with Crippen LogP contribution in [0.3, 0.4) is 0 Å². The van der Waals surface area contributed by atoms with Gasteiger partial charge in [0.05, 0.1) is 24.0 Å². The van der Waals surface area contributed by atoms with E-state index in [1.807, 2.05) is 6.07 Å². The van der Waals surface area contributed by atoms with Crippen LogP contribution in [0.25, 0.3) is 0 Å². The van der Waals surface area contributed by atoms with Crippen LogP contribution in [-0.4, -0.2) is 38.2 Å². The molecule has 4 aliphatic rings. The predicted octanol–water partition coefficient (Wildman–Crippen LogP) is 6.42. The van der Waals surface area contributed by atoms with Gasteiger partial charge in [0.15, 0.2) is 0 Å². The Kier molecular flexibility index (Phi) is 5.43. The van der Waals surface area contributed by atoms with Gasteiger partial charge in [-0.25, -0.2) is 0 Å². The topological polar surface area (TPSA) is 78.4 Å². The summed E-state index contributed by atoms with van der Waals surface area (Å²) in [5, 5.41) is 29.0. The van der Waals surface area contributed by atoms with Gasteiger partial charge in [-0.15, -0.1) is 0 Å². The van der Waals surface area contributed by atoms with Crippen LogP contribution in [0.5, 0.6) is 0 Å². The number of nitrogens with zero attached hydrogens (tertiary/aromatic N) is 1. The largest absolute Gasteiger partial charge is 0.390 e. The average Bonchev–Trinajstić information content (AvgIpc) is 3.54. The summed E-state index contributed by atoms with van der Waals surface area (Å²) >= 11 is 0. The Morgan fingerprint density at radius 2 is 2.06 bits per heavy atom. The van der Waals surface area contributed by atoms with E-state index in [9.17, 15) is 10.2 Å². The number of hydrogen-bond acceptors (Lipinski definition) is 4. The van der Waals surface area contributed by atoms with Crippen LogP contribution in [0.1, 0.15) is 113 Å². The van der Waals surface area contributed by atoms with Gasteiger partial charge in [-0.1, -0.05) is 39.7 Å². The second-order valence-electron chi connectivity index (χ2n) is 13.1. The van der Waals surface area contributed by atoms with Gasteiger partial charge in [-0.2, -0.15) is 5.10 Å². The number of aromatic amines is 1. The maximum absolute atomic E-state index is 11.4. The predicted molar refractivity (Wildman–Crippen MR) is 143 cm³/mol. The molecule has 0 aromatic carbocycles. The van der Waals surface area contributed by atoms with E-state index < -0.39 is 25.4 Å². The third kappa shape index (κ3) is 4.73. The summed E-state index contributed by atoms with van der Waals surface area (Å²) in [5.41, 5.74) is -0.414. The maximum Gasteiger partial charge on any atom is 0.102 e. The second-order valence-corrected chi connectivity index (χ2v) is 13.1. The number of allylic oxidation sites excluding steroid dienone is 1. The smallest absolute Gasteiger partial charge is 0.102 e. The normalized spacial score (nSPS) is 44.4. The van der Waals surface area contributed by atoms with Crippen molar-refractivity contribution in [3.63, 3.8) is 0 Å². The van der Waals surface area contributed by atoms with Crippen molar-refractivity contribution in [3.8, 4) is 0 Å². The fourth-order valence-corrected chi connectivity index (χ4v) is 9.30. The maximum atomic E-state index is 11.4. The second kappa shape index (κ2) is 9.85. The first-order chi connectivity index (χ1) is 19.5. The number of H-pyrrole nitrogens is 1. The van der Waals surface area contributed by atoms with E-state index >= 15 is 0 Å². The molecular weight excluding hydrogens is 448 g/mol. The van der Waals surface area contributed by atoms with E-state index in [1.165, 1.54) is 12.0 Å². The number of aromatic nitrogens is 2. The third-order valence-corrected chi connectivity index (χ3v) is 11.1. The van der Waals surface area contributed by atoms with Gasteiger partial charge in [0.25, 0.3) is 0 Å². The molecule has 0 amide bonds. The summed E-state index contributed by atoms with van der Waals surface area (Å²) in [6.45, 7) is 1.58. The minimum Gasteiger partial charge on any atom is -0.390 e. The Morgan fingerprint density at radius 3 is 2.81 bits per heavy atom. The standard InChI is InChI=1S/C31H50N2O3/c1-20(7-6-15-29(2,3)35)23-10-11-24-22-8-9-26-28(34)27(36-19-21-14-18-32-33-21)13-17-31(26,5)25(22)12-16-30(23,24)4/h9,14,18,20,22-25,27-28,34-35H,6-8,10-13,15-17,19H2,1-5H3,(H,32,33)/t20-,22+,23-,24+,25+,27+,28-,30-,31-/m1/s1/i2D3,3D3. The average molecular weight is 505 g/mol. The lowest BCUT2D eigenvalue weighted by atomic mass is 9.46. The van der Waals surface area contributed by atoms with Gasteiger partial charge in [-0.05, 0) is 117 Å². The lowest BCUT2D eigenvalue weighted by molar-refractivity contribution is -0.101. The molecule has 3 N–H and O–H groups in total. The van der Waals surface area contributed by atoms with E-state index in [4.69, 9.17) is 13.0 Å². The molecule has 0 unspecified atom stereocenters. The number of aliphatic hydroxyl groups excluding tert-OH is 1. The lowest BCUT2D eigenvalue weighted by Crippen LogP contribution is -2.54. The van der Waals surface area contributed by atoms with Crippen LogP contribution >= 0.6 is 0 Å². The molecule has 3 fully saturated rings. The van der Waals surface area contributed by atoms with Crippen LogP contribution in [0, 0.1) is 40.4 Å². The highest BCUT2D eigenvalue weighted by Crippen LogP contribution is 2.67. The Hall–Kier alpha value is -1.17. The Bertz CT molecular complexity index is 1110. The van der Waals surface area contributed by atoms with Crippen molar-refractivity contribution in [1.29, 1.82) is 0 Å². The van der Waals surface area contributed by atoms with Gasteiger partial charge in [-0.3, -0.25) is 5.10 Å². The molecule has 0 saturated heterocycles. The Balaban J connectivity index is 1.24. The van der Waals surface area contributed by atoms with Crippen LogP contribution < -0.4 is 0 Å². The minimum atomic E-state index is -2.95. The summed E-state index contributed by atoms with van der Waals surface area (Å²) in [5.74, 6) is 2.55. The van der Waals surface area contributed by atoms with E-state index in [0.717, 1.165) is 44.2 Å². The summed E-state index contributed by atoms with van der Waals surface area (Å²) in [6.07, 6.45) is 11.5. The number of hydrogen-bond donors (Lipinski definition) is 3. The first kappa shape index (κ1) is 19.8. The molecule has 202 valence electrons. The first-order valence-electron chi connectivity index (χ1n) is 17.2. The van der Waals surface area contributed by atoms with Crippen molar-refractivity contribution in [2.45, 2.75) is 123 Å². The zero-order valence-corrected chi connectivity index (χ0v) is 22.3. The Morgan fingerprint density at radius 1 is 1.22 bits per heavy atom. The minimum absolute atomic E-state index is 0.0176. The molecule has 4 aliphatic carbocycles. The van der Waals surface area contributed by atoms with E-state index in [1.54, 1.807) is 6.20 Å². The number of ether oxygens (including phenoxy) is 1. The van der Waals surface area contributed by atoms with Crippen molar-refractivity contribution >= 4 is 0 Å². The molecule has 3 saturated carbocycles. The highest BCUT2D eigenvalue weighted by molar-refractivity contribution is 5.29. The molecule has 1 aromatic rings. The third-order valence-electron chi connectivity index (χ3n) is 11.1. The van der Waals surface area contributed by atoms with Gasteiger partial charge >= 0.3 is 0 Å². The molecule has 1 aromatic heterocycles. The lowest BCUT2D eigenvalue weighted by Gasteiger charge is -2.59. The molecule has 5 heteroatoms. The first-order valence-corrected chi connectivity index (χ1v) is 14.2. The number of aliphatic hydroxyl groups is 2. The summed E-state index contributed by atoms with van der Waals surface area (Å²) < 4.78 is 52.2.